The molecule has 0 saturated heterocycles. The van der Waals surface area contributed by atoms with Gasteiger partial charge in [-0.05, 0) is 42.1 Å². The van der Waals surface area contributed by atoms with E-state index < -0.39 is 23.1 Å². The van der Waals surface area contributed by atoms with Gasteiger partial charge in [-0.2, -0.15) is 0 Å². The van der Waals surface area contributed by atoms with E-state index in [1.54, 1.807) is 18.1 Å². The van der Waals surface area contributed by atoms with Crippen LogP contribution in [0.2, 0.25) is 0 Å². The van der Waals surface area contributed by atoms with Crippen molar-refractivity contribution in [1.29, 1.82) is 0 Å². The fourth-order valence-electron chi connectivity index (χ4n) is 4.13. The Balaban J connectivity index is 2.20. The molecule has 1 aromatic heterocycles. The van der Waals surface area contributed by atoms with Crippen LogP contribution in [0.25, 0.3) is 11.3 Å². The SMILES string of the molecule is CNC(=O)N(CCCN)[C@@H](c1nc(-c2cc(F)ccc2F)cn1Cc1ccccc1)C(C)(C)C. The molecule has 1 atom stereocenters. The van der Waals surface area contributed by atoms with E-state index in [9.17, 15) is 13.6 Å². The molecule has 0 bridgehead atoms. The first-order valence-corrected chi connectivity index (χ1v) is 11.4. The Hall–Kier alpha value is -3.26. The van der Waals surface area contributed by atoms with Gasteiger partial charge in [0.1, 0.15) is 17.5 Å². The lowest BCUT2D eigenvalue weighted by atomic mass is 9.84. The summed E-state index contributed by atoms with van der Waals surface area (Å²) in [5.41, 5.74) is 6.75. The van der Waals surface area contributed by atoms with Crippen LogP contribution in [0.4, 0.5) is 13.6 Å². The van der Waals surface area contributed by atoms with Crippen molar-refractivity contribution in [3.05, 3.63) is 77.8 Å². The number of benzene rings is 2. The molecule has 0 aliphatic heterocycles. The predicted octanol–water partition coefficient (Wildman–Crippen LogP) is 4.95. The summed E-state index contributed by atoms with van der Waals surface area (Å²) in [6.45, 7) is 7.41. The maximum absolute atomic E-state index is 14.7. The van der Waals surface area contributed by atoms with Gasteiger partial charge >= 0.3 is 6.03 Å². The second-order valence-corrected chi connectivity index (χ2v) is 9.38. The van der Waals surface area contributed by atoms with Gasteiger partial charge in [0.05, 0.1) is 11.7 Å². The highest BCUT2D eigenvalue weighted by molar-refractivity contribution is 5.74. The highest BCUT2D eigenvalue weighted by Gasteiger charge is 2.38. The number of nitrogens with two attached hydrogens (primary N) is 1. The quantitative estimate of drug-likeness (QED) is 0.490. The zero-order valence-electron chi connectivity index (χ0n) is 20.2. The Morgan fingerprint density at radius 1 is 1.18 bits per heavy atom. The van der Waals surface area contributed by atoms with Gasteiger partial charge in [-0.1, -0.05) is 51.1 Å². The summed E-state index contributed by atoms with van der Waals surface area (Å²) in [5.74, 6) is -0.510. The molecule has 0 fully saturated rings. The van der Waals surface area contributed by atoms with Crippen molar-refractivity contribution < 1.29 is 13.6 Å². The number of carbonyl (C=O) groups excluding carboxylic acids is 1. The van der Waals surface area contributed by atoms with Gasteiger partial charge in [0.15, 0.2) is 0 Å². The maximum atomic E-state index is 14.7. The van der Waals surface area contributed by atoms with Crippen LogP contribution in [0.3, 0.4) is 0 Å². The van der Waals surface area contributed by atoms with Crippen molar-refractivity contribution in [1.82, 2.24) is 19.8 Å². The van der Waals surface area contributed by atoms with Crippen LogP contribution in [0.1, 0.15) is 44.6 Å². The third kappa shape index (κ3) is 5.80. The van der Waals surface area contributed by atoms with E-state index in [-0.39, 0.29) is 11.6 Å². The summed E-state index contributed by atoms with van der Waals surface area (Å²) in [7, 11) is 1.58. The second-order valence-electron chi connectivity index (χ2n) is 9.38. The molecule has 0 spiro atoms. The molecule has 3 aromatic rings. The lowest BCUT2D eigenvalue weighted by Crippen LogP contribution is -2.47. The standard InChI is InChI=1S/C26H33F2N5O/c1-26(2,3)23(33(14-8-13-29)25(34)30-4)24-31-22(20-15-19(27)11-12-21(20)28)17-32(24)16-18-9-6-5-7-10-18/h5-7,9-12,15,17,23H,8,13-14,16,29H2,1-4H3,(H,30,34)/t23-/m0/s1. The highest BCUT2D eigenvalue weighted by Crippen LogP contribution is 2.39. The average molecular weight is 470 g/mol. The van der Waals surface area contributed by atoms with E-state index in [0.717, 1.165) is 23.8 Å². The van der Waals surface area contributed by atoms with Crippen molar-refractivity contribution in [3.8, 4) is 11.3 Å². The number of urea groups is 1. The van der Waals surface area contributed by atoms with Gasteiger partial charge in [-0.3, -0.25) is 0 Å². The van der Waals surface area contributed by atoms with Gasteiger partial charge in [0, 0.05) is 31.9 Å². The van der Waals surface area contributed by atoms with Crippen LogP contribution < -0.4 is 11.1 Å². The van der Waals surface area contributed by atoms with Crippen LogP contribution in [0.15, 0.2) is 54.7 Å². The Morgan fingerprint density at radius 3 is 2.50 bits per heavy atom. The molecule has 0 saturated carbocycles. The average Bonchev–Trinajstić information content (AvgIpc) is 3.19. The maximum Gasteiger partial charge on any atom is 0.317 e. The summed E-state index contributed by atoms with van der Waals surface area (Å²) in [5, 5.41) is 2.72. The molecule has 0 unspecified atom stereocenters. The normalized spacial score (nSPS) is 12.4. The van der Waals surface area contributed by atoms with E-state index in [2.05, 4.69) is 5.32 Å². The minimum absolute atomic E-state index is 0.0779. The second kappa shape index (κ2) is 10.8. The summed E-state index contributed by atoms with van der Waals surface area (Å²) < 4.78 is 30.6. The van der Waals surface area contributed by atoms with Crippen molar-refractivity contribution in [3.63, 3.8) is 0 Å². The number of nitrogens with one attached hydrogen (secondary N) is 1. The summed E-state index contributed by atoms with van der Waals surface area (Å²) in [6.07, 6.45) is 2.34. The Morgan fingerprint density at radius 2 is 1.88 bits per heavy atom. The fourth-order valence-corrected chi connectivity index (χ4v) is 4.13. The molecular weight excluding hydrogens is 436 g/mol. The summed E-state index contributed by atoms with van der Waals surface area (Å²) >= 11 is 0. The zero-order valence-corrected chi connectivity index (χ0v) is 20.2. The fraction of sp³-hybridized carbons (Fsp3) is 0.385. The smallest absolute Gasteiger partial charge is 0.317 e. The van der Waals surface area contributed by atoms with E-state index in [0.29, 0.717) is 37.6 Å². The first-order chi connectivity index (χ1) is 16.2. The first-order valence-electron chi connectivity index (χ1n) is 11.4. The minimum atomic E-state index is -0.559. The lowest BCUT2D eigenvalue weighted by Gasteiger charge is -2.39. The molecule has 6 nitrogen and oxygen atoms in total. The molecular formula is C26H33F2N5O. The number of carbonyl (C=O) groups is 1. The highest BCUT2D eigenvalue weighted by atomic mass is 19.1. The van der Waals surface area contributed by atoms with Gasteiger partial charge < -0.3 is 20.5 Å². The largest absolute Gasteiger partial charge is 0.341 e. The number of hydrogen-bond acceptors (Lipinski definition) is 3. The molecule has 0 radical (unpaired) electrons. The number of imidazole rings is 1. The third-order valence-corrected chi connectivity index (χ3v) is 5.66. The van der Waals surface area contributed by atoms with Crippen LogP contribution in [0.5, 0.6) is 0 Å². The molecule has 34 heavy (non-hydrogen) atoms. The Labute approximate surface area is 199 Å². The molecule has 3 rings (SSSR count). The number of nitrogens with zero attached hydrogens (tertiary/aromatic N) is 3. The van der Waals surface area contributed by atoms with Crippen molar-refractivity contribution in [2.75, 3.05) is 20.1 Å². The third-order valence-electron chi connectivity index (χ3n) is 5.66. The molecule has 182 valence electrons. The van der Waals surface area contributed by atoms with Crippen LogP contribution in [-0.4, -0.2) is 40.6 Å². The van der Waals surface area contributed by atoms with Gasteiger partial charge in [0.2, 0.25) is 0 Å². The van der Waals surface area contributed by atoms with Gasteiger partial charge in [-0.15, -0.1) is 0 Å². The van der Waals surface area contributed by atoms with Gasteiger partial charge in [-0.25, -0.2) is 18.6 Å². The van der Waals surface area contributed by atoms with Crippen molar-refractivity contribution in [2.24, 2.45) is 11.1 Å². The van der Waals surface area contributed by atoms with Crippen molar-refractivity contribution >= 4 is 6.03 Å². The van der Waals surface area contributed by atoms with E-state index in [1.807, 2.05) is 55.7 Å². The van der Waals surface area contributed by atoms with Crippen LogP contribution in [0, 0.1) is 17.0 Å². The molecule has 3 N–H and O–H groups in total. The molecule has 2 amide bonds. The number of hydrogen-bond donors (Lipinski definition) is 2. The summed E-state index contributed by atoms with van der Waals surface area (Å²) in [4.78, 5) is 19.5. The number of aromatic nitrogens is 2. The summed E-state index contributed by atoms with van der Waals surface area (Å²) in [6, 6.07) is 12.4. The molecule has 2 aromatic carbocycles. The number of halogens is 2. The number of rotatable bonds is 8. The predicted molar refractivity (Wildman–Crippen MR) is 130 cm³/mol. The topological polar surface area (TPSA) is 76.2 Å². The monoisotopic (exact) mass is 469 g/mol. The Kier molecular flexibility index (Phi) is 8.04. The van der Waals surface area contributed by atoms with Crippen LogP contribution >= 0.6 is 0 Å². The molecule has 0 aliphatic carbocycles. The Bertz CT molecular complexity index is 1110. The van der Waals surface area contributed by atoms with E-state index in [1.165, 1.54) is 0 Å². The van der Waals surface area contributed by atoms with E-state index in [4.69, 9.17) is 10.7 Å². The lowest BCUT2D eigenvalue weighted by molar-refractivity contribution is 0.109. The molecule has 8 heteroatoms. The zero-order chi connectivity index (χ0) is 24.9. The molecule has 1 heterocycles. The minimum Gasteiger partial charge on any atom is -0.341 e. The number of amides is 2. The van der Waals surface area contributed by atoms with Crippen LogP contribution in [-0.2, 0) is 6.54 Å². The van der Waals surface area contributed by atoms with Crippen molar-refractivity contribution in [2.45, 2.75) is 39.8 Å². The van der Waals surface area contributed by atoms with Gasteiger partial charge in [0.25, 0.3) is 0 Å². The molecule has 0 aliphatic rings. The first kappa shape index (κ1) is 25.4. The van der Waals surface area contributed by atoms with E-state index >= 15 is 0 Å².